The highest BCUT2D eigenvalue weighted by Gasteiger charge is 2.21. The Labute approximate surface area is 167 Å². The number of hydrogen-bond acceptors (Lipinski definition) is 5. The molecule has 29 heavy (non-hydrogen) atoms. The van der Waals surface area contributed by atoms with Gasteiger partial charge < -0.3 is 23.5 Å². The van der Waals surface area contributed by atoms with Gasteiger partial charge in [-0.3, -0.25) is 4.79 Å². The smallest absolute Gasteiger partial charge is 0.262 e. The normalized spacial score (nSPS) is 13.0. The molecule has 1 aromatic heterocycles. The Hall–Kier alpha value is -3.41. The number of aromatic nitrogens is 1. The molecular formula is C23H21NO5. The molecule has 1 aliphatic heterocycles. The Morgan fingerprint density at radius 1 is 1.00 bits per heavy atom. The highest BCUT2D eigenvalue weighted by atomic mass is 16.7. The van der Waals surface area contributed by atoms with Gasteiger partial charge in [-0.05, 0) is 43.5 Å². The molecule has 0 saturated heterocycles. The number of hydrogen-bond donors (Lipinski definition) is 0. The van der Waals surface area contributed by atoms with E-state index in [4.69, 9.17) is 18.9 Å². The fourth-order valence-corrected chi connectivity index (χ4v) is 4.10. The van der Waals surface area contributed by atoms with Gasteiger partial charge >= 0.3 is 0 Å². The van der Waals surface area contributed by atoms with Gasteiger partial charge in [0.1, 0.15) is 0 Å². The lowest BCUT2D eigenvalue weighted by molar-refractivity contribution is 0.174. The Kier molecular flexibility index (Phi) is 3.84. The number of pyridine rings is 1. The minimum Gasteiger partial charge on any atom is -0.492 e. The van der Waals surface area contributed by atoms with E-state index in [-0.39, 0.29) is 18.5 Å². The first-order chi connectivity index (χ1) is 14.0. The van der Waals surface area contributed by atoms with E-state index in [2.05, 4.69) is 0 Å². The lowest BCUT2D eigenvalue weighted by atomic mass is 10.00. The molecule has 4 aromatic rings. The van der Waals surface area contributed by atoms with Crippen molar-refractivity contribution in [1.82, 2.24) is 4.57 Å². The Bertz CT molecular complexity index is 1350. The van der Waals surface area contributed by atoms with Crippen LogP contribution in [0.15, 0.2) is 41.2 Å². The van der Waals surface area contributed by atoms with Crippen LogP contribution in [0.3, 0.4) is 0 Å². The third kappa shape index (κ3) is 2.52. The van der Waals surface area contributed by atoms with Gasteiger partial charge in [0.05, 0.1) is 24.1 Å². The summed E-state index contributed by atoms with van der Waals surface area (Å²) in [6.07, 6.45) is -0.0288. The number of aryl methyl sites for hydroxylation is 1. The van der Waals surface area contributed by atoms with Crippen molar-refractivity contribution in [3.8, 4) is 23.0 Å². The maximum absolute atomic E-state index is 13.4. The minimum absolute atomic E-state index is 0.0288. The van der Waals surface area contributed by atoms with Crippen LogP contribution >= 0.6 is 0 Å². The van der Waals surface area contributed by atoms with Gasteiger partial charge in [0.15, 0.2) is 23.0 Å². The molecule has 0 amide bonds. The Morgan fingerprint density at radius 2 is 1.72 bits per heavy atom. The first kappa shape index (κ1) is 17.7. The summed E-state index contributed by atoms with van der Waals surface area (Å²) in [5.74, 6) is 2.44. The molecule has 0 fully saturated rings. The lowest BCUT2D eigenvalue weighted by Crippen LogP contribution is -2.19. The second-order valence-electron chi connectivity index (χ2n) is 7.44. The summed E-state index contributed by atoms with van der Waals surface area (Å²) in [7, 11) is 3.34. The maximum atomic E-state index is 13.4. The quantitative estimate of drug-likeness (QED) is 0.486. The van der Waals surface area contributed by atoms with E-state index in [9.17, 15) is 4.79 Å². The summed E-state index contributed by atoms with van der Waals surface area (Å²) < 4.78 is 24.2. The minimum atomic E-state index is -0.135. The molecule has 0 bridgehead atoms. The first-order valence-electron chi connectivity index (χ1n) is 9.52. The van der Waals surface area contributed by atoms with E-state index in [1.165, 1.54) is 0 Å². The Balaban J connectivity index is 1.93. The summed E-state index contributed by atoms with van der Waals surface area (Å²) in [6, 6.07) is 11.8. The van der Waals surface area contributed by atoms with Crippen LogP contribution in [-0.2, 0) is 7.05 Å². The summed E-state index contributed by atoms with van der Waals surface area (Å²) >= 11 is 0. The number of ether oxygens (including phenoxy) is 4. The SMILES string of the molecule is COc1c(OC(C)C)ccc2c1c(=O)n(C)c1c3cc4c(cc3ccc21)OCO4. The third-order valence-electron chi connectivity index (χ3n) is 5.32. The lowest BCUT2D eigenvalue weighted by Gasteiger charge is -2.18. The van der Waals surface area contributed by atoms with Crippen molar-refractivity contribution >= 4 is 32.4 Å². The van der Waals surface area contributed by atoms with E-state index >= 15 is 0 Å². The standard InChI is InChI=1S/C23H21NO5/c1-12(2)29-17-8-7-14-15-6-5-13-9-18-19(28-11-27-18)10-16(13)21(15)24(3)23(25)20(14)22(17)26-4/h5-10,12H,11H2,1-4H3. The number of nitrogens with zero attached hydrogens (tertiary/aromatic N) is 1. The van der Waals surface area contributed by atoms with E-state index in [0.717, 1.165) is 32.8 Å². The second-order valence-corrected chi connectivity index (χ2v) is 7.44. The van der Waals surface area contributed by atoms with Crippen molar-refractivity contribution in [2.24, 2.45) is 7.05 Å². The third-order valence-corrected chi connectivity index (χ3v) is 5.32. The topological polar surface area (TPSA) is 58.9 Å². The molecule has 6 heteroatoms. The van der Waals surface area contributed by atoms with Gasteiger partial charge in [-0.15, -0.1) is 0 Å². The van der Waals surface area contributed by atoms with E-state index < -0.39 is 0 Å². The van der Waals surface area contributed by atoms with Crippen LogP contribution in [0.1, 0.15) is 13.8 Å². The zero-order valence-corrected chi connectivity index (χ0v) is 16.7. The molecule has 0 N–H and O–H groups in total. The molecule has 0 saturated carbocycles. The van der Waals surface area contributed by atoms with Crippen molar-refractivity contribution in [2.75, 3.05) is 13.9 Å². The molecule has 0 unspecified atom stereocenters. The van der Waals surface area contributed by atoms with Crippen LogP contribution in [-0.4, -0.2) is 24.6 Å². The van der Waals surface area contributed by atoms with Crippen LogP contribution in [0.25, 0.3) is 32.4 Å². The summed E-state index contributed by atoms with van der Waals surface area (Å²) in [5, 5.41) is 4.23. The number of benzene rings is 3. The molecular weight excluding hydrogens is 370 g/mol. The zero-order valence-electron chi connectivity index (χ0n) is 16.7. The second kappa shape index (κ2) is 6.30. The molecule has 0 atom stereocenters. The van der Waals surface area contributed by atoms with Crippen LogP contribution in [0.4, 0.5) is 0 Å². The Morgan fingerprint density at radius 3 is 2.45 bits per heavy atom. The average Bonchev–Trinajstić information content (AvgIpc) is 3.16. The van der Waals surface area contributed by atoms with Gasteiger partial charge in [-0.25, -0.2) is 0 Å². The van der Waals surface area contributed by atoms with Crippen molar-refractivity contribution in [1.29, 1.82) is 0 Å². The van der Waals surface area contributed by atoms with Crippen molar-refractivity contribution in [3.63, 3.8) is 0 Å². The van der Waals surface area contributed by atoms with Crippen LogP contribution < -0.4 is 24.5 Å². The van der Waals surface area contributed by atoms with Crippen molar-refractivity contribution in [3.05, 3.63) is 46.8 Å². The predicted octanol–water partition coefficient (Wildman–Crippen LogP) is 4.37. The predicted molar refractivity (Wildman–Crippen MR) is 113 cm³/mol. The van der Waals surface area contributed by atoms with Gasteiger partial charge in [-0.1, -0.05) is 12.1 Å². The number of methoxy groups -OCH3 is 1. The van der Waals surface area contributed by atoms with Gasteiger partial charge in [0, 0.05) is 23.2 Å². The van der Waals surface area contributed by atoms with Gasteiger partial charge in [-0.2, -0.15) is 0 Å². The van der Waals surface area contributed by atoms with E-state index in [1.54, 1.807) is 18.7 Å². The van der Waals surface area contributed by atoms with E-state index in [0.29, 0.717) is 22.6 Å². The van der Waals surface area contributed by atoms with Gasteiger partial charge in [0.25, 0.3) is 5.56 Å². The molecule has 2 heterocycles. The largest absolute Gasteiger partial charge is 0.492 e. The van der Waals surface area contributed by atoms with Crippen molar-refractivity contribution in [2.45, 2.75) is 20.0 Å². The monoisotopic (exact) mass is 391 g/mol. The summed E-state index contributed by atoms with van der Waals surface area (Å²) in [4.78, 5) is 13.4. The molecule has 0 spiro atoms. The maximum Gasteiger partial charge on any atom is 0.262 e. The number of rotatable bonds is 3. The first-order valence-corrected chi connectivity index (χ1v) is 9.52. The number of fused-ring (bicyclic) bond motifs is 6. The molecule has 5 rings (SSSR count). The van der Waals surface area contributed by atoms with Crippen molar-refractivity contribution < 1.29 is 18.9 Å². The fourth-order valence-electron chi connectivity index (χ4n) is 4.10. The summed E-state index contributed by atoms with van der Waals surface area (Å²) in [6.45, 7) is 4.10. The molecule has 0 aliphatic carbocycles. The molecule has 1 aliphatic rings. The molecule has 148 valence electrons. The van der Waals surface area contributed by atoms with Crippen LogP contribution in [0.2, 0.25) is 0 Å². The van der Waals surface area contributed by atoms with Gasteiger partial charge in [0.2, 0.25) is 6.79 Å². The molecule has 6 nitrogen and oxygen atoms in total. The van der Waals surface area contributed by atoms with Crippen LogP contribution in [0, 0.1) is 0 Å². The van der Waals surface area contributed by atoms with E-state index in [1.807, 2.05) is 50.2 Å². The highest BCUT2D eigenvalue weighted by Crippen LogP contribution is 2.41. The van der Waals surface area contributed by atoms with Crippen LogP contribution in [0.5, 0.6) is 23.0 Å². The average molecular weight is 391 g/mol. The fraction of sp³-hybridized carbons (Fsp3) is 0.261. The zero-order chi connectivity index (χ0) is 20.3. The highest BCUT2D eigenvalue weighted by molar-refractivity contribution is 6.17. The molecule has 0 radical (unpaired) electrons. The molecule has 3 aromatic carbocycles. The summed E-state index contributed by atoms with van der Waals surface area (Å²) in [5.41, 5.74) is 0.710.